The highest BCUT2D eigenvalue weighted by Crippen LogP contribution is 2.45. The van der Waals surface area contributed by atoms with Crippen LogP contribution >= 0.6 is 0 Å². The zero-order valence-electron chi connectivity index (χ0n) is 8.05. The Morgan fingerprint density at radius 2 is 2.08 bits per heavy atom. The zero-order chi connectivity index (χ0) is 8.60. The lowest BCUT2D eigenvalue weighted by atomic mass is 9.83. The lowest BCUT2D eigenvalue weighted by Crippen LogP contribution is -2.45. The van der Waals surface area contributed by atoms with Crippen molar-refractivity contribution in [1.29, 1.82) is 0 Å². The van der Waals surface area contributed by atoms with Crippen molar-refractivity contribution in [1.82, 2.24) is 4.90 Å². The molecule has 0 radical (unpaired) electrons. The highest BCUT2D eigenvalue weighted by Gasteiger charge is 2.47. The summed E-state index contributed by atoms with van der Waals surface area (Å²) in [7, 11) is 2.28. The van der Waals surface area contributed by atoms with Crippen molar-refractivity contribution >= 4 is 0 Å². The van der Waals surface area contributed by atoms with E-state index in [-0.39, 0.29) is 0 Å². The van der Waals surface area contributed by atoms with E-state index >= 15 is 0 Å². The van der Waals surface area contributed by atoms with Crippen LogP contribution in [0, 0.1) is 5.92 Å². The Hall–Kier alpha value is -0.0800. The SMILES string of the molecule is CN1CCC(CN)C12CCCC2. The third-order valence-corrected chi connectivity index (χ3v) is 4.09. The largest absolute Gasteiger partial charge is 0.330 e. The molecule has 2 fully saturated rings. The maximum atomic E-state index is 5.82. The maximum absolute atomic E-state index is 5.82. The van der Waals surface area contributed by atoms with E-state index in [0.29, 0.717) is 5.54 Å². The third kappa shape index (κ3) is 1.01. The summed E-state index contributed by atoms with van der Waals surface area (Å²) in [5, 5.41) is 0. The minimum Gasteiger partial charge on any atom is -0.330 e. The number of likely N-dealkylation sites (tertiary alicyclic amines) is 1. The molecule has 0 aromatic heterocycles. The molecule has 1 saturated carbocycles. The number of hydrogen-bond acceptors (Lipinski definition) is 2. The van der Waals surface area contributed by atoms with E-state index in [4.69, 9.17) is 5.73 Å². The summed E-state index contributed by atoms with van der Waals surface area (Å²) < 4.78 is 0. The van der Waals surface area contributed by atoms with Gasteiger partial charge in [0.1, 0.15) is 0 Å². The molecule has 1 heterocycles. The molecule has 2 aliphatic rings. The van der Waals surface area contributed by atoms with Crippen LogP contribution in [-0.4, -0.2) is 30.6 Å². The number of nitrogens with two attached hydrogens (primary N) is 1. The first-order valence-corrected chi connectivity index (χ1v) is 5.21. The average molecular weight is 168 g/mol. The van der Waals surface area contributed by atoms with Crippen molar-refractivity contribution in [3.63, 3.8) is 0 Å². The van der Waals surface area contributed by atoms with Crippen molar-refractivity contribution in [2.24, 2.45) is 11.7 Å². The second-order valence-corrected chi connectivity index (χ2v) is 4.45. The summed E-state index contributed by atoms with van der Waals surface area (Å²) in [4.78, 5) is 2.57. The van der Waals surface area contributed by atoms with Gasteiger partial charge in [0.25, 0.3) is 0 Å². The molecule has 0 aromatic carbocycles. The van der Waals surface area contributed by atoms with Crippen molar-refractivity contribution in [3.8, 4) is 0 Å². The Kier molecular flexibility index (Phi) is 2.13. The van der Waals surface area contributed by atoms with Crippen LogP contribution in [0.5, 0.6) is 0 Å². The molecule has 0 bridgehead atoms. The molecule has 1 spiro atoms. The van der Waals surface area contributed by atoms with Crippen molar-refractivity contribution in [3.05, 3.63) is 0 Å². The number of rotatable bonds is 1. The van der Waals surface area contributed by atoms with Crippen LogP contribution < -0.4 is 5.73 Å². The van der Waals surface area contributed by atoms with Crippen LogP contribution in [0.25, 0.3) is 0 Å². The summed E-state index contributed by atoms with van der Waals surface area (Å²) in [5.74, 6) is 0.782. The van der Waals surface area contributed by atoms with Gasteiger partial charge in [0.05, 0.1) is 0 Å². The van der Waals surface area contributed by atoms with Gasteiger partial charge in [0, 0.05) is 5.54 Å². The molecule has 1 atom stereocenters. The van der Waals surface area contributed by atoms with E-state index in [2.05, 4.69) is 11.9 Å². The van der Waals surface area contributed by atoms with Gasteiger partial charge in [-0.2, -0.15) is 0 Å². The average Bonchev–Trinajstić information content (AvgIpc) is 2.65. The smallest absolute Gasteiger partial charge is 0.0247 e. The Labute approximate surface area is 75.1 Å². The first-order valence-electron chi connectivity index (χ1n) is 5.21. The quantitative estimate of drug-likeness (QED) is 0.637. The topological polar surface area (TPSA) is 29.3 Å². The second-order valence-electron chi connectivity index (χ2n) is 4.45. The van der Waals surface area contributed by atoms with E-state index < -0.39 is 0 Å². The Balaban J connectivity index is 2.17. The van der Waals surface area contributed by atoms with Gasteiger partial charge in [0.2, 0.25) is 0 Å². The Bertz CT molecular complexity index is 161. The van der Waals surface area contributed by atoms with Gasteiger partial charge >= 0.3 is 0 Å². The highest BCUT2D eigenvalue weighted by molar-refractivity contribution is 5.03. The molecule has 2 N–H and O–H groups in total. The van der Waals surface area contributed by atoms with E-state index in [1.54, 1.807) is 0 Å². The Morgan fingerprint density at radius 1 is 1.42 bits per heavy atom. The first kappa shape index (κ1) is 8.52. The molecule has 1 unspecified atom stereocenters. The number of hydrogen-bond donors (Lipinski definition) is 1. The van der Waals surface area contributed by atoms with Crippen LogP contribution in [0.2, 0.25) is 0 Å². The molecule has 12 heavy (non-hydrogen) atoms. The van der Waals surface area contributed by atoms with Crippen LogP contribution in [0.15, 0.2) is 0 Å². The molecule has 2 nitrogen and oxygen atoms in total. The predicted molar refractivity (Wildman–Crippen MR) is 51.0 cm³/mol. The van der Waals surface area contributed by atoms with E-state index in [0.717, 1.165) is 12.5 Å². The van der Waals surface area contributed by atoms with E-state index in [1.807, 2.05) is 0 Å². The fourth-order valence-electron chi connectivity index (χ4n) is 3.27. The van der Waals surface area contributed by atoms with E-state index in [1.165, 1.54) is 38.6 Å². The van der Waals surface area contributed by atoms with Crippen LogP contribution in [0.1, 0.15) is 32.1 Å². The van der Waals surface area contributed by atoms with Crippen molar-refractivity contribution in [2.45, 2.75) is 37.6 Å². The van der Waals surface area contributed by atoms with Gasteiger partial charge in [-0.3, -0.25) is 0 Å². The van der Waals surface area contributed by atoms with Gasteiger partial charge in [-0.05, 0) is 45.3 Å². The normalized spacial score (nSPS) is 35.0. The fraction of sp³-hybridized carbons (Fsp3) is 1.00. The molecule has 1 aliphatic heterocycles. The van der Waals surface area contributed by atoms with Gasteiger partial charge < -0.3 is 10.6 Å². The third-order valence-electron chi connectivity index (χ3n) is 4.09. The molecule has 2 rings (SSSR count). The number of nitrogens with zero attached hydrogens (tertiary/aromatic N) is 1. The molecule has 2 heteroatoms. The van der Waals surface area contributed by atoms with Gasteiger partial charge in [-0.25, -0.2) is 0 Å². The fourth-order valence-corrected chi connectivity index (χ4v) is 3.27. The van der Waals surface area contributed by atoms with E-state index in [9.17, 15) is 0 Å². The standard InChI is InChI=1S/C10H20N2/c1-12-7-4-9(8-11)10(12)5-2-3-6-10/h9H,2-8,11H2,1H3. The zero-order valence-corrected chi connectivity index (χ0v) is 8.05. The minimum absolute atomic E-state index is 0.523. The summed E-state index contributed by atoms with van der Waals surface area (Å²) in [6.45, 7) is 2.16. The summed E-state index contributed by atoms with van der Waals surface area (Å²) >= 11 is 0. The first-order chi connectivity index (χ1) is 5.79. The lowest BCUT2D eigenvalue weighted by molar-refractivity contribution is 0.138. The van der Waals surface area contributed by atoms with Gasteiger partial charge in [-0.15, -0.1) is 0 Å². The molecular weight excluding hydrogens is 148 g/mol. The Morgan fingerprint density at radius 3 is 2.67 bits per heavy atom. The van der Waals surface area contributed by atoms with Crippen molar-refractivity contribution in [2.75, 3.05) is 20.1 Å². The maximum Gasteiger partial charge on any atom is 0.0247 e. The molecular formula is C10H20N2. The second kappa shape index (κ2) is 3.00. The molecule has 70 valence electrons. The summed E-state index contributed by atoms with van der Waals surface area (Å²) in [6, 6.07) is 0. The molecule has 0 aromatic rings. The van der Waals surface area contributed by atoms with Crippen molar-refractivity contribution < 1.29 is 0 Å². The molecule has 1 aliphatic carbocycles. The van der Waals surface area contributed by atoms with Crippen LogP contribution in [-0.2, 0) is 0 Å². The highest BCUT2D eigenvalue weighted by atomic mass is 15.2. The summed E-state index contributed by atoms with van der Waals surface area (Å²) in [5.41, 5.74) is 6.35. The van der Waals surface area contributed by atoms with Gasteiger partial charge in [0.15, 0.2) is 0 Å². The van der Waals surface area contributed by atoms with Crippen LogP contribution in [0.4, 0.5) is 0 Å². The predicted octanol–water partition coefficient (Wildman–Crippen LogP) is 1.21. The minimum atomic E-state index is 0.523. The monoisotopic (exact) mass is 168 g/mol. The summed E-state index contributed by atoms with van der Waals surface area (Å²) in [6.07, 6.45) is 6.95. The lowest BCUT2D eigenvalue weighted by Gasteiger charge is -2.36. The molecule has 0 amide bonds. The molecule has 1 saturated heterocycles. The van der Waals surface area contributed by atoms with Crippen LogP contribution in [0.3, 0.4) is 0 Å². The van der Waals surface area contributed by atoms with Gasteiger partial charge in [-0.1, -0.05) is 12.8 Å².